The van der Waals surface area contributed by atoms with E-state index in [2.05, 4.69) is 20.3 Å². The maximum atomic E-state index is 12.5. The molecule has 2 N–H and O–H groups in total. The minimum absolute atomic E-state index is 0.153. The molecule has 178 valence electrons. The highest BCUT2D eigenvalue weighted by Crippen LogP contribution is 2.28. The normalized spacial score (nSPS) is 11.4. The number of nitrogens with zero attached hydrogens (tertiary/aromatic N) is 5. The van der Waals surface area contributed by atoms with E-state index in [0.29, 0.717) is 40.7 Å². The van der Waals surface area contributed by atoms with Crippen LogP contribution in [-0.4, -0.2) is 34.6 Å². The number of nitrogens with one attached hydrogen (secondary N) is 2. The first kappa shape index (κ1) is 22.6. The van der Waals surface area contributed by atoms with Crippen LogP contribution in [0.4, 0.5) is 5.69 Å². The number of halogens is 1. The Bertz CT molecular complexity index is 1710. The third-order valence-corrected chi connectivity index (χ3v) is 6.24. The van der Waals surface area contributed by atoms with Crippen molar-refractivity contribution >= 4 is 45.4 Å². The summed E-state index contributed by atoms with van der Waals surface area (Å²) < 4.78 is 4.07. The SMILES string of the molecule is Cn1c(=O)c2c(ncn2CCCC(=O)Nc2ccc3nc(-c4ccccc4Cl)[nH]c3c2)n(C)c1=O. The molecule has 3 aromatic heterocycles. The molecule has 0 saturated heterocycles. The number of aromatic nitrogens is 6. The first-order chi connectivity index (χ1) is 16.8. The van der Waals surface area contributed by atoms with Gasteiger partial charge in [-0.1, -0.05) is 23.7 Å². The Morgan fingerprint density at radius 1 is 1.11 bits per heavy atom. The van der Waals surface area contributed by atoms with Crippen molar-refractivity contribution < 1.29 is 4.79 Å². The lowest BCUT2D eigenvalue weighted by Crippen LogP contribution is -2.37. The summed E-state index contributed by atoms with van der Waals surface area (Å²) in [5, 5.41) is 3.50. The van der Waals surface area contributed by atoms with Gasteiger partial charge in [0.2, 0.25) is 5.91 Å². The van der Waals surface area contributed by atoms with Crippen LogP contribution in [0, 0.1) is 0 Å². The van der Waals surface area contributed by atoms with Gasteiger partial charge in [0.15, 0.2) is 11.2 Å². The van der Waals surface area contributed by atoms with E-state index in [0.717, 1.165) is 21.2 Å². The van der Waals surface area contributed by atoms with E-state index >= 15 is 0 Å². The van der Waals surface area contributed by atoms with E-state index in [-0.39, 0.29) is 12.3 Å². The highest BCUT2D eigenvalue weighted by molar-refractivity contribution is 6.33. The Morgan fingerprint density at radius 2 is 1.91 bits per heavy atom. The van der Waals surface area contributed by atoms with Crippen LogP contribution in [0.1, 0.15) is 12.8 Å². The van der Waals surface area contributed by atoms with Crippen LogP contribution >= 0.6 is 11.6 Å². The molecule has 2 aromatic carbocycles. The third-order valence-electron chi connectivity index (χ3n) is 5.91. The number of amides is 1. The maximum absolute atomic E-state index is 12.5. The van der Waals surface area contributed by atoms with Gasteiger partial charge >= 0.3 is 5.69 Å². The van der Waals surface area contributed by atoms with Crippen molar-refractivity contribution in [2.75, 3.05) is 5.32 Å². The molecule has 0 aliphatic heterocycles. The molecule has 10 nitrogen and oxygen atoms in total. The number of aromatic amines is 1. The molecule has 3 heterocycles. The van der Waals surface area contributed by atoms with Gasteiger partial charge in [0.1, 0.15) is 5.82 Å². The van der Waals surface area contributed by atoms with E-state index in [1.807, 2.05) is 30.3 Å². The molecular formula is C24H22ClN7O3. The van der Waals surface area contributed by atoms with Crippen molar-refractivity contribution in [1.29, 1.82) is 0 Å². The molecule has 0 aliphatic rings. The number of aryl methyl sites for hydroxylation is 2. The number of fused-ring (bicyclic) bond motifs is 2. The largest absolute Gasteiger partial charge is 0.338 e. The van der Waals surface area contributed by atoms with E-state index in [1.165, 1.54) is 17.9 Å². The van der Waals surface area contributed by atoms with Crippen molar-refractivity contribution in [1.82, 2.24) is 28.7 Å². The van der Waals surface area contributed by atoms with Gasteiger partial charge in [0, 0.05) is 38.3 Å². The van der Waals surface area contributed by atoms with Crippen molar-refractivity contribution in [3.8, 4) is 11.4 Å². The number of hydrogen-bond acceptors (Lipinski definition) is 5. The Labute approximate surface area is 203 Å². The zero-order chi connectivity index (χ0) is 24.7. The smallest absolute Gasteiger partial charge is 0.332 e. The molecule has 11 heteroatoms. The summed E-state index contributed by atoms with van der Waals surface area (Å²) in [7, 11) is 3.01. The van der Waals surface area contributed by atoms with Crippen molar-refractivity contribution in [2.45, 2.75) is 19.4 Å². The number of anilines is 1. The number of carbonyl (C=O) groups is 1. The molecule has 0 radical (unpaired) electrons. The Hall–Kier alpha value is -4.18. The lowest BCUT2D eigenvalue weighted by molar-refractivity contribution is -0.116. The summed E-state index contributed by atoms with van der Waals surface area (Å²) in [5.41, 5.74) is 2.83. The van der Waals surface area contributed by atoms with Crippen LogP contribution in [0.25, 0.3) is 33.6 Å². The van der Waals surface area contributed by atoms with Gasteiger partial charge in [-0.2, -0.15) is 0 Å². The van der Waals surface area contributed by atoms with Crippen molar-refractivity contribution in [2.24, 2.45) is 14.1 Å². The summed E-state index contributed by atoms with van der Waals surface area (Å²) in [6, 6.07) is 12.9. The van der Waals surface area contributed by atoms with Crippen molar-refractivity contribution in [3.63, 3.8) is 0 Å². The summed E-state index contributed by atoms with van der Waals surface area (Å²) in [6.45, 7) is 0.415. The van der Waals surface area contributed by atoms with Gasteiger partial charge < -0.3 is 14.9 Å². The number of benzene rings is 2. The van der Waals surface area contributed by atoms with Gasteiger partial charge in [0.25, 0.3) is 5.56 Å². The monoisotopic (exact) mass is 491 g/mol. The first-order valence-electron chi connectivity index (χ1n) is 11.0. The molecule has 0 atom stereocenters. The zero-order valence-electron chi connectivity index (χ0n) is 19.1. The Morgan fingerprint density at radius 3 is 2.71 bits per heavy atom. The second kappa shape index (κ2) is 8.88. The van der Waals surface area contributed by atoms with Gasteiger partial charge in [-0.25, -0.2) is 14.8 Å². The number of carbonyl (C=O) groups excluding carboxylic acids is 1. The van der Waals surface area contributed by atoms with Crippen molar-refractivity contribution in [3.05, 3.63) is 74.7 Å². The van der Waals surface area contributed by atoms with Gasteiger partial charge in [-0.3, -0.25) is 18.7 Å². The summed E-state index contributed by atoms with van der Waals surface area (Å²) in [6.07, 6.45) is 2.26. The predicted octanol–water partition coefficient (Wildman–Crippen LogP) is 3.05. The fourth-order valence-corrected chi connectivity index (χ4v) is 4.29. The van der Waals surface area contributed by atoms with Gasteiger partial charge in [-0.15, -0.1) is 0 Å². The average molecular weight is 492 g/mol. The first-order valence-corrected chi connectivity index (χ1v) is 11.4. The molecule has 0 bridgehead atoms. The van der Waals surface area contributed by atoms with E-state index < -0.39 is 11.2 Å². The molecule has 35 heavy (non-hydrogen) atoms. The molecule has 0 spiro atoms. The highest BCUT2D eigenvalue weighted by Gasteiger charge is 2.15. The summed E-state index contributed by atoms with van der Waals surface area (Å²) >= 11 is 6.28. The Kier molecular flexibility index (Phi) is 5.73. The van der Waals surface area contributed by atoms with Crippen LogP contribution in [0.3, 0.4) is 0 Å². The van der Waals surface area contributed by atoms with E-state index in [1.54, 1.807) is 23.7 Å². The van der Waals surface area contributed by atoms with Crippen LogP contribution in [0.15, 0.2) is 58.4 Å². The lowest BCUT2D eigenvalue weighted by atomic mass is 10.2. The molecule has 0 unspecified atom stereocenters. The molecule has 0 fully saturated rings. The fourth-order valence-electron chi connectivity index (χ4n) is 4.07. The fraction of sp³-hybridized carbons (Fsp3) is 0.208. The lowest BCUT2D eigenvalue weighted by Gasteiger charge is -2.07. The number of imidazole rings is 2. The molecule has 0 saturated carbocycles. The number of hydrogen-bond donors (Lipinski definition) is 2. The quantitative estimate of drug-likeness (QED) is 0.378. The number of H-pyrrole nitrogens is 1. The standard InChI is InChI=1S/C24H22ClN7O3/c1-30-22-20(23(34)31(2)24(30)35)32(13-26-22)11-5-8-19(33)27-14-9-10-17-18(12-14)29-21(28-17)15-6-3-4-7-16(15)25/h3-4,6-7,9-10,12-13H,5,8,11H2,1-2H3,(H,27,33)(H,28,29). The maximum Gasteiger partial charge on any atom is 0.332 e. The van der Waals surface area contributed by atoms with Gasteiger partial charge in [-0.05, 0) is 36.8 Å². The van der Waals surface area contributed by atoms with Crippen LogP contribution < -0.4 is 16.6 Å². The summed E-state index contributed by atoms with van der Waals surface area (Å²) in [5.74, 6) is 0.505. The summed E-state index contributed by atoms with van der Waals surface area (Å²) in [4.78, 5) is 49.2. The third kappa shape index (κ3) is 4.12. The van der Waals surface area contributed by atoms with Crippen LogP contribution in [-0.2, 0) is 25.4 Å². The molecule has 5 rings (SSSR count). The van der Waals surface area contributed by atoms with Crippen LogP contribution in [0.5, 0.6) is 0 Å². The second-order valence-corrected chi connectivity index (χ2v) is 8.67. The van der Waals surface area contributed by atoms with Gasteiger partial charge in [0.05, 0.1) is 22.4 Å². The van der Waals surface area contributed by atoms with Crippen LogP contribution in [0.2, 0.25) is 5.02 Å². The van der Waals surface area contributed by atoms with E-state index in [9.17, 15) is 14.4 Å². The second-order valence-electron chi connectivity index (χ2n) is 8.26. The highest BCUT2D eigenvalue weighted by atomic mass is 35.5. The molecular weight excluding hydrogens is 470 g/mol. The minimum atomic E-state index is -0.430. The molecule has 0 aliphatic carbocycles. The number of rotatable bonds is 6. The molecule has 5 aromatic rings. The molecule has 1 amide bonds. The zero-order valence-corrected chi connectivity index (χ0v) is 19.8. The predicted molar refractivity (Wildman–Crippen MR) is 135 cm³/mol. The minimum Gasteiger partial charge on any atom is -0.338 e. The Balaban J connectivity index is 1.26. The topological polar surface area (TPSA) is 120 Å². The average Bonchev–Trinajstić information content (AvgIpc) is 3.46. The van der Waals surface area contributed by atoms with E-state index in [4.69, 9.17) is 11.6 Å².